The van der Waals surface area contributed by atoms with Crippen LogP contribution in [0.15, 0.2) is 35.3 Å². The molecule has 0 unspecified atom stereocenters. The normalized spacial score (nSPS) is 18.2. The molecule has 1 aliphatic rings. The van der Waals surface area contributed by atoms with E-state index in [0.29, 0.717) is 0 Å². The average molecular weight is 231 g/mol. The Morgan fingerprint density at radius 2 is 2.06 bits per heavy atom. The molecule has 0 radical (unpaired) electrons. The first kappa shape index (κ1) is 11.6. The molecule has 0 saturated carbocycles. The van der Waals surface area contributed by atoms with Crippen molar-refractivity contribution in [1.29, 1.82) is 0 Å². The summed E-state index contributed by atoms with van der Waals surface area (Å²) in [5.74, 6) is 0.879. The molecule has 2 amide bonds. The molecule has 1 aliphatic heterocycles. The van der Waals surface area contributed by atoms with Crippen LogP contribution in [0.3, 0.4) is 0 Å². The van der Waals surface area contributed by atoms with E-state index in [0.717, 1.165) is 30.9 Å². The maximum atomic E-state index is 11.7. The van der Waals surface area contributed by atoms with Crippen molar-refractivity contribution in [3.63, 3.8) is 0 Å². The van der Waals surface area contributed by atoms with Crippen LogP contribution in [0.25, 0.3) is 0 Å². The van der Waals surface area contributed by atoms with E-state index in [9.17, 15) is 4.79 Å². The second kappa shape index (κ2) is 5.48. The number of aliphatic imine (C=N–C) groups is 1. The summed E-state index contributed by atoms with van der Waals surface area (Å²) in [5, 5.41) is 2.76. The third kappa shape index (κ3) is 3.31. The molecule has 0 atom stereocenters. The minimum Gasteiger partial charge on any atom is -0.363 e. The summed E-state index contributed by atoms with van der Waals surface area (Å²) < 4.78 is 0. The zero-order valence-corrected chi connectivity index (χ0v) is 10.0. The van der Waals surface area contributed by atoms with E-state index in [1.165, 1.54) is 6.42 Å². The Hall–Kier alpha value is -1.84. The molecule has 2 rings (SSSR count). The predicted molar refractivity (Wildman–Crippen MR) is 69.4 cm³/mol. The van der Waals surface area contributed by atoms with Crippen molar-refractivity contribution in [1.82, 2.24) is 4.90 Å². The van der Waals surface area contributed by atoms with Crippen LogP contribution < -0.4 is 5.32 Å². The molecule has 1 fully saturated rings. The van der Waals surface area contributed by atoms with E-state index in [4.69, 9.17) is 0 Å². The molecule has 0 aliphatic carbocycles. The number of para-hydroxylation sites is 1. The van der Waals surface area contributed by atoms with Crippen LogP contribution in [-0.4, -0.2) is 30.4 Å². The maximum Gasteiger partial charge on any atom is 0.347 e. The highest BCUT2D eigenvalue weighted by Crippen LogP contribution is 2.11. The summed E-state index contributed by atoms with van der Waals surface area (Å²) in [6, 6.07) is 9.09. The Kier molecular flexibility index (Phi) is 3.75. The summed E-state index contributed by atoms with van der Waals surface area (Å²) >= 11 is 0. The molecule has 1 N–H and O–H groups in total. The van der Waals surface area contributed by atoms with Crippen LogP contribution in [0.5, 0.6) is 0 Å². The minimum atomic E-state index is -0.292. The standard InChI is InChI=1S/C13H17N3O/c1-16-10-6-5-9-12(16)15-13(17)14-11-7-3-2-4-8-11/h2-4,7-8H,5-6,9-10H2,1H3,(H,14,17). The number of carbonyl (C=O) groups is 1. The van der Waals surface area contributed by atoms with Crippen LogP contribution in [0.4, 0.5) is 10.5 Å². The van der Waals surface area contributed by atoms with Gasteiger partial charge in [-0.3, -0.25) is 0 Å². The first-order valence-corrected chi connectivity index (χ1v) is 5.90. The van der Waals surface area contributed by atoms with Crippen LogP contribution >= 0.6 is 0 Å². The Morgan fingerprint density at radius 1 is 1.29 bits per heavy atom. The number of nitrogens with one attached hydrogen (secondary N) is 1. The number of rotatable bonds is 1. The third-order valence-electron chi connectivity index (χ3n) is 2.84. The maximum absolute atomic E-state index is 11.7. The lowest BCUT2D eigenvalue weighted by Crippen LogP contribution is -2.32. The van der Waals surface area contributed by atoms with Crippen molar-refractivity contribution in [2.75, 3.05) is 18.9 Å². The van der Waals surface area contributed by atoms with Crippen molar-refractivity contribution in [2.24, 2.45) is 4.99 Å². The number of hydrogen-bond donors (Lipinski definition) is 1. The van der Waals surface area contributed by atoms with Gasteiger partial charge in [0.1, 0.15) is 5.84 Å². The van der Waals surface area contributed by atoms with Crippen LogP contribution in [0.1, 0.15) is 19.3 Å². The summed E-state index contributed by atoms with van der Waals surface area (Å²) in [5.41, 5.74) is 0.778. The summed E-state index contributed by atoms with van der Waals surface area (Å²) in [4.78, 5) is 17.9. The van der Waals surface area contributed by atoms with E-state index >= 15 is 0 Å². The quantitative estimate of drug-likeness (QED) is 0.807. The second-order valence-corrected chi connectivity index (χ2v) is 4.20. The predicted octanol–water partition coefficient (Wildman–Crippen LogP) is 2.73. The topological polar surface area (TPSA) is 44.7 Å². The lowest BCUT2D eigenvalue weighted by atomic mass is 10.1. The summed E-state index contributed by atoms with van der Waals surface area (Å²) in [7, 11) is 1.98. The first-order chi connectivity index (χ1) is 8.25. The Bertz CT molecular complexity index is 414. The molecular weight excluding hydrogens is 214 g/mol. The number of piperidine rings is 1. The zero-order chi connectivity index (χ0) is 12.1. The monoisotopic (exact) mass is 231 g/mol. The molecular formula is C13H17N3O. The highest BCUT2D eigenvalue weighted by Gasteiger charge is 2.13. The molecule has 1 aromatic rings. The van der Waals surface area contributed by atoms with Gasteiger partial charge in [0, 0.05) is 25.7 Å². The van der Waals surface area contributed by atoms with Gasteiger partial charge in [-0.25, -0.2) is 4.79 Å². The molecule has 90 valence electrons. The van der Waals surface area contributed by atoms with Gasteiger partial charge in [-0.15, -0.1) is 0 Å². The van der Waals surface area contributed by atoms with E-state index in [2.05, 4.69) is 10.3 Å². The van der Waals surface area contributed by atoms with Crippen molar-refractivity contribution in [3.05, 3.63) is 30.3 Å². The molecule has 0 aromatic heterocycles. The Balaban J connectivity index is 1.99. The van der Waals surface area contributed by atoms with E-state index in [1.807, 2.05) is 42.3 Å². The van der Waals surface area contributed by atoms with Gasteiger partial charge in [-0.05, 0) is 25.0 Å². The SMILES string of the molecule is CN1CCCCC1=NC(=O)Nc1ccccc1. The number of benzene rings is 1. The van der Waals surface area contributed by atoms with Gasteiger partial charge < -0.3 is 10.2 Å². The van der Waals surface area contributed by atoms with Crippen molar-refractivity contribution in [3.8, 4) is 0 Å². The van der Waals surface area contributed by atoms with Crippen LogP contribution in [-0.2, 0) is 0 Å². The summed E-state index contributed by atoms with van der Waals surface area (Å²) in [6.45, 7) is 0.984. The molecule has 17 heavy (non-hydrogen) atoms. The molecule has 1 aromatic carbocycles. The molecule has 4 nitrogen and oxygen atoms in total. The van der Waals surface area contributed by atoms with Crippen molar-refractivity contribution < 1.29 is 4.79 Å². The summed E-state index contributed by atoms with van der Waals surface area (Å²) in [6.07, 6.45) is 3.18. The number of carbonyl (C=O) groups excluding carboxylic acids is 1. The fourth-order valence-corrected chi connectivity index (χ4v) is 1.88. The van der Waals surface area contributed by atoms with Crippen molar-refractivity contribution in [2.45, 2.75) is 19.3 Å². The van der Waals surface area contributed by atoms with Crippen molar-refractivity contribution >= 4 is 17.6 Å². The van der Waals surface area contributed by atoms with Gasteiger partial charge in [0.2, 0.25) is 0 Å². The fourth-order valence-electron chi connectivity index (χ4n) is 1.88. The van der Waals surface area contributed by atoms with Gasteiger partial charge in [0.25, 0.3) is 0 Å². The van der Waals surface area contributed by atoms with Gasteiger partial charge in [-0.2, -0.15) is 4.99 Å². The number of amidine groups is 1. The van der Waals surface area contributed by atoms with Gasteiger partial charge in [-0.1, -0.05) is 18.2 Å². The lowest BCUT2D eigenvalue weighted by Gasteiger charge is -2.25. The van der Waals surface area contributed by atoms with Gasteiger partial charge in [0.05, 0.1) is 0 Å². The van der Waals surface area contributed by atoms with E-state index in [-0.39, 0.29) is 6.03 Å². The average Bonchev–Trinajstić information content (AvgIpc) is 2.33. The highest BCUT2D eigenvalue weighted by molar-refractivity contribution is 5.99. The fraction of sp³-hybridized carbons (Fsp3) is 0.385. The number of nitrogens with zero attached hydrogens (tertiary/aromatic N) is 2. The number of urea groups is 1. The van der Waals surface area contributed by atoms with E-state index in [1.54, 1.807) is 0 Å². The molecule has 4 heteroatoms. The Labute approximate surface area is 101 Å². The van der Waals surface area contributed by atoms with Crippen LogP contribution in [0, 0.1) is 0 Å². The molecule has 0 bridgehead atoms. The number of hydrogen-bond acceptors (Lipinski definition) is 1. The zero-order valence-electron chi connectivity index (χ0n) is 10.0. The minimum absolute atomic E-state index is 0.292. The van der Waals surface area contributed by atoms with Crippen LogP contribution in [0.2, 0.25) is 0 Å². The molecule has 0 spiro atoms. The lowest BCUT2D eigenvalue weighted by molar-refractivity contribution is 0.259. The van der Waals surface area contributed by atoms with E-state index < -0.39 is 0 Å². The highest BCUT2D eigenvalue weighted by atomic mass is 16.2. The number of likely N-dealkylation sites (tertiary alicyclic amines) is 1. The largest absolute Gasteiger partial charge is 0.363 e. The first-order valence-electron chi connectivity index (χ1n) is 5.90. The van der Waals surface area contributed by atoms with Gasteiger partial charge >= 0.3 is 6.03 Å². The Morgan fingerprint density at radius 3 is 2.76 bits per heavy atom. The third-order valence-corrected chi connectivity index (χ3v) is 2.84. The second-order valence-electron chi connectivity index (χ2n) is 4.20. The molecule has 1 saturated heterocycles. The number of amides is 2. The smallest absolute Gasteiger partial charge is 0.347 e. The van der Waals surface area contributed by atoms with Gasteiger partial charge in [0.15, 0.2) is 0 Å². The molecule has 1 heterocycles. The number of anilines is 1.